The first-order valence-corrected chi connectivity index (χ1v) is 11.9. The molecule has 196 valence electrons. The number of amides is 1. The number of hydrogen-bond donors (Lipinski definition) is 2. The molecule has 0 fully saturated rings. The summed E-state index contributed by atoms with van der Waals surface area (Å²) in [4.78, 5) is 27.8. The van der Waals surface area contributed by atoms with Crippen LogP contribution in [0.1, 0.15) is 35.5 Å². The van der Waals surface area contributed by atoms with Gasteiger partial charge >= 0.3 is 6.18 Å². The van der Waals surface area contributed by atoms with Crippen molar-refractivity contribution in [1.82, 2.24) is 24.3 Å². The number of hydrogen-bond acceptors (Lipinski definition) is 7. The number of alkyl halides is 3. The van der Waals surface area contributed by atoms with Gasteiger partial charge in [0.2, 0.25) is 5.95 Å². The van der Waals surface area contributed by atoms with Crippen LogP contribution in [-0.2, 0) is 6.18 Å². The van der Waals surface area contributed by atoms with Gasteiger partial charge in [0.25, 0.3) is 5.91 Å². The molecule has 1 aromatic carbocycles. The molecular weight excluding hydrogens is 497 g/mol. The number of nitriles is 1. The van der Waals surface area contributed by atoms with Crippen molar-refractivity contribution in [3.63, 3.8) is 0 Å². The number of rotatable bonds is 9. The Balaban J connectivity index is 1.62. The van der Waals surface area contributed by atoms with E-state index in [0.717, 1.165) is 12.1 Å². The van der Waals surface area contributed by atoms with Crippen molar-refractivity contribution in [3.8, 4) is 17.3 Å². The van der Waals surface area contributed by atoms with Crippen LogP contribution in [0, 0.1) is 11.3 Å². The van der Waals surface area contributed by atoms with E-state index in [2.05, 4.69) is 25.6 Å². The van der Waals surface area contributed by atoms with Gasteiger partial charge in [0, 0.05) is 50.2 Å². The number of nitrogens with one attached hydrogen (secondary N) is 2. The van der Waals surface area contributed by atoms with Gasteiger partial charge in [-0.2, -0.15) is 18.4 Å². The first-order chi connectivity index (χ1) is 18.2. The van der Waals surface area contributed by atoms with Gasteiger partial charge in [0.1, 0.15) is 23.2 Å². The minimum absolute atomic E-state index is 0.228. The van der Waals surface area contributed by atoms with Crippen LogP contribution in [0.3, 0.4) is 0 Å². The summed E-state index contributed by atoms with van der Waals surface area (Å²) >= 11 is 0. The predicted molar refractivity (Wildman–Crippen MR) is 137 cm³/mol. The fourth-order valence-corrected chi connectivity index (χ4v) is 3.80. The topological polar surface area (TPSA) is 111 Å². The Kier molecular flexibility index (Phi) is 7.76. The van der Waals surface area contributed by atoms with Crippen molar-refractivity contribution in [3.05, 3.63) is 71.7 Å². The normalized spacial score (nSPS) is 11.3. The molecule has 4 aromatic rings. The van der Waals surface area contributed by atoms with Crippen LogP contribution >= 0.6 is 0 Å². The van der Waals surface area contributed by atoms with Crippen molar-refractivity contribution in [1.29, 1.82) is 5.26 Å². The molecule has 12 heteroatoms. The summed E-state index contributed by atoms with van der Waals surface area (Å²) in [6, 6.07) is 11.7. The average Bonchev–Trinajstić information content (AvgIpc) is 3.36. The number of carbonyl (C=O) groups is 1. The first-order valence-electron chi connectivity index (χ1n) is 11.9. The zero-order chi connectivity index (χ0) is 27.3. The Morgan fingerprint density at radius 1 is 1.05 bits per heavy atom. The number of imidazole rings is 1. The highest BCUT2D eigenvalue weighted by molar-refractivity contribution is 5.93. The van der Waals surface area contributed by atoms with Gasteiger partial charge in [0.05, 0.1) is 16.8 Å². The maximum absolute atomic E-state index is 13.0. The van der Waals surface area contributed by atoms with Gasteiger partial charge in [-0.3, -0.25) is 9.20 Å². The highest BCUT2D eigenvalue weighted by Crippen LogP contribution is 2.31. The molecule has 0 spiro atoms. The van der Waals surface area contributed by atoms with Gasteiger partial charge < -0.3 is 15.5 Å². The van der Waals surface area contributed by atoms with Gasteiger partial charge in [-0.05, 0) is 38.1 Å². The molecule has 0 unspecified atom stereocenters. The maximum atomic E-state index is 13.0. The number of fused-ring (bicyclic) bond motifs is 1. The molecule has 4 rings (SSSR count). The summed E-state index contributed by atoms with van der Waals surface area (Å²) in [7, 11) is 0. The van der Waals surface area contributed by atoms with Crippen molar-refractivity contribution in [2.45, 2.75) is 20.0 Å². The van der Waals surface area contributed by atoms with Crippen LogP contribution in [0.4, 0.5) is 24.9 Å². The molecule has 0 aliphatic heterocycles. The van der Waals surface area contributed by atoms with Gasteiger partial charge in [-0.25, -0.2) is 15.0 Å². The Bertz CT molecular complexity index is 1450. The molecule has 0 atom stereocenters. The molecule has 0 radical (unpaired) electrons. The van der Waals surface area contributed by atoms with Crippen LogP contribution in [0.25, 0.3) is 16.9 Å². The molecule has 1 amide bonds. The summed E-state index contributed by atoms with van der Waals surface area (Å²) in [6.07, 6.45) is -1.38. The zero-order valence-corrected chi connectivity index (χ0v) is 20.8. The van der Waals surface area contributed by atoms with E-state index in [0.29, 0.717) is 60.4 Å². The summed E-state index contributed by atoms with van der Waals surface area (Å²) < 4.78 is 40.7. The van der Waals surface area contributed by atoms with E-state index < -0.39 is 11.7 Å². The Morgan fingerprint density at radius 2 is 1.76 bits per heavy atom. The monoisotopic (exact) mass is 522 g/mol. The first kappa shape index (κ1) is 26.4. The minimum atomic E-state index is -4.44. The van der Waals surface area contributed by atoms with E-state index in [4.69, 9.17) is 5.26 Å². The third-order valence-corrected chi connectivity index (χ3v) is 5.84. The molecule has 0 bridgehead atoms. The molecule has 9 nitrogen and oxygen atoms in total. The number of pyridine rings is 1. The van der Waals surface area contributed by atoms with Crippen LogP contribution < -0.4 is 10.6 Å². The lowest BCUT2D eigenvalue weighted by Crippen LogP contribution is -2.30. The summed E-state index contributed by atoms with van der Waals surface area (Å²) in [5, 5.41) is 15.2. The smallest absolute Gasteiger partial charge is 0.368 e. The summed E-state index contributed by atoms with van der Waals surface area (Å²) in [6.45, 7) is 5.66. The van der Waals surface area contributed by atoms with Crippen molar-refractivity contribution in [2.24, 2.45) is 0 Å². The zero-order valence-electron chi connectivity index (χ0n) is 20.8. The fourth-order valence-electron chi connectivity index (χ4n) is 3.80. The van der Waals surface area contributed by atoms with E-state index in [1.165, 1.54) is 18.3 Å². The van der Waals surface area contributed by atoms with Gasteiger partial charge in [-0.15, -0.1) is 0 Å². The molecule has 3 aromatic heterocycles. The molecule has 0 saturated carbocycles. The maximum Gasteiger partial charge on any atom is 0.416 e. The van der Waals surface area contributed by atoms with Crippen molar-refractivity contribution < 1.29 is 18.0 Å². The third kappa shape index (κ3) is 5.83. The van der Waals surface area contributed by atoms with Crippen LogP contribution in [0.2, 0.25) is 0 Å². The predicted octanol–water partition coefficient (Wildman–Crippen LogP) is 4.69. The average molecular weight is 523 g/mol. The molecule has 0 aliphatic rings. The van der Waals surface area contributed by atoms with E-state index in [1.54, 1.807) is 33.7 Å². The molecule has 0 saturated heterocycles. The highest BCUT2D eigenvalue weighted by Gasteiger charge is 2.30. The molecular formula is C26H25F3N8O. The second-order valence-corrected chi connectivity index (χ2v) is 8.27. The quantitative estimate of drug-likeness (QED) is 0.307. The highest BCUT2D eigenvalue weighted by atomic mass is 19.4. The molecule has 2 N–H and O–H groups in total. The lowest BCUT2D eigenvalue weighted by Gasteiger charge is -2.16. The summed E-state index contributed by atoms with van der Waals surface area (Å²) in [5.74, 6) is 0.740. The number of aromatic nitrogens is 4. The molecule has 3 heterocycles. The van der Waals surface area contributed by atoms with E-state index in [1.807, 2.05) is 19.9 Å². The third-order valence-electron chi connectivity index (χ3n) is 5.84. The SMILES string of the molecule is CCN(CC)C(=O)c1cn2c(NCCNc3ccc(C#N)cn3)nc(-c3ccc(C(F)(F)F)cc3)cc2n1. The van der Waals surface area contributed by atoms with E-state index in [-0.39, 0.29) is 11.6 Å². The second-order valence-electron chi connectivity index (χ2n) is 8.27. The van der Waals surface area contributed by atoms with Crippen molar-refractivity contribution >= 4 is 23.3 Å². The fraction of sp³-hybridized carbons (Fsp3) is 0.269. The number of halogens is 3. The minimum Gasteiger partial charge on any atom is -0.368 e. The Hall–Kier alpha value is -4.66. The largest absolute Gasteiger partial charge is 0.416 e. The van der Waals surface area contributed by atoms with Gasteiger partial charge in [-0.1, -0.05) is 12.1 Å². The van der Waals surface area contributed by atoms with Crippen LogP contribution in [0.5, 0.6) is 0 Å². The Morgan fingerprint density at radius 3 is 2.37 bits per heavy atom. The van der Waals surface area contributed by atoms with Crippen molar-refractivity contribution in [2.75, 3.05) is 36.8 Å². The summed E-state index contributed by atoms with van der Waals surface area (Å²) in [5.41, 5.74) is 1.25. The number of benzene rings is 1. The lowest BCUT2D eigenvalue weighted by molar-refractivity contribution is -0.137. The van der Waals surface area contributed by atoms with Gasteiger partial charge in [0.15, 0.2) is 0 Å². The van der Waals surface area contributed by atoms with E-state index in [9.17, 15) is 18.0 Å². The number of nitrogens with zero attached hydrogens (tertiary/aromatic N) is 6. The standard InChI is InChI=1S/C26H25F3N8O/c1-3-36(4-2)24(38)21-16-37-23(34-21)13-20(18-6-8-19(9-7-18)26(27,28)29)35-25(37)32-12-11-31-22-10-5-17(14-30)15-33-22/h5-10,13,15-16H,3-4,11-12H2,1-2H3,(H,31,33)(H,32,35). The lowest BCUT2D eigenvalue weighted by atomic mass is 10.1. The second kappa shape index (κ2) is 11.2. The van der Waals surface area contributed by atoms with Crippen LogP contribution in [0.15, 0.2) is 54.9 Å². The Labute approximate surface area is 217 Å². The molecule has 38 heavy (non-hydrogen) atoms. The molecule has 0 aliphatic carbocycles. The number of carbonyl (C=O) groups excluding carboxylic acids is 1. The van der Waals surface area contributed by atoms with E-state index >= 15 is 0 Å². The van der Waals surface area contributed by atoms with Crippen LogP contribution in [-0.4, -0.2) is 56.3 Å². The number of anilines is 2.